The number of benzene rings is 1. The Morgan fingerprint density at radius 3 is 2.24 bits per heavy atom. The third-order valence-corrected chi connectivity index (χ3v) is 16.8. The molecule has 0 N–H and O–H groups in total. The lowest BCUT2D eigenvalue weighted by atomic mass is 9.84. The van der Waals surface area contributed by atoms with Crippen molar-refractivity contribution in [2.45, 2.75) is 130 Å². The molecule has 1 amide bonds. The first-order valence-electron chi connectivity index (χ1n) is 18.2. The molecule has 9 nitrogen and oxygen atoms in total. The molecule has 0 radical (unpaired) electrons. The van der Waals surface area contributed by atoms with Crippen molar-refractivity contribution in [2.75, 3.05) is 13.2 Å². The highest BCUT2D eigenvalue weighted by atomic mass is 28.4. The van der Waals surface area contributed by atoms with Crippen molar-refractivity contribution in [3.05, 3.63) is 70.8 Å². The Kier molecular flexibility index (Phi) is 13.9. The summed E-state index contributed by atoms with van der Waals surface area (Å²) >= 11 is 0. The maximum absolute atomic E-state index is 14.5. The maximum atomic E-state index is 14.5. The molecule has 50 heavy (non-hydrogen) atoms. The van der Waals surface area contributed by atoms with Crippen molar-refractivity contribution >= 4 is 28.1 Å². The lowest BCUT2D eigenvalue weighted by Crippen LogP contribution is -2.42. The topological polar surface area (TPSA) is 91.5 Å². The second kappa shape index (κ2) is 17.5. The van der Waals surface area contributed by atoms with Crippen molar-refractivity contribution in [2.24, 2.45) is 5.92 Å². The van der Waals surface area contributed by atoms with E-state index >= 15 is 0 Å². The Morgan fingerprint density at radius 1 is 1.02 bits per heavy atom. The Morgan fingerprint density at radius 2 is 1.66 bits per heavy atom. The zero-order valence-corrected chi connectivity index (χ0v) is 33.3. The van der Waals surface area contributed by atoms with Gasteiger partial charge in [-0.1, -0.05) is 40.4 Å². The highest BCUT2D eigenvalue weighted by Gasteiger charge is 2.36. The number of hydrogen-bond acceptors (Lipinski definition) is 6. The van der Waals surface area contributed by atoms with Crippen LogP contribution in [0.5, 0.6) is 0 Å². The normalized spacial score (nSPS) is 17.6. The van der Waals surface area contributed by atoms with E-state index in [2.05, 4.69) is 45.5 Å². The molecule has 4 rings (SSSR count). The Labute approximate surface area is 298 Å². The van der Waals surface area contributed by atoms with Gasteiger partial charge in [-0.05, 0) is 87.5 Å². The number of ether oxygens (including phenoxy) is 1. The molecule has 1 aliphatic rings. The summed E-state index contributed by atoms with van der Waals surface area (Å²) in [7, 11) is -3.45. The van der Waals surface area contributed by atoms with Crippen LogP contribution in [-0.2, 0) is 27.2 Å². The molecule has 0 saturated heterocycles. The lowest BCUT2D eigenvalue weighted by molar-refractivity contribution is -0.121. The number of carbonyl (C=O) groups excluding carboxylic acids is 2. The van der Waals surface area contributed by atoms with Gasteiger partial charge in [-0.15, -0.1) is 0 Å². The number of aromatic nitrogens is 4. The smallest absolute Gasteiger partial charge is 0.257 e. The first kappa shape index (κ1) is 39.8. The zero-order chi connectivity index (χ0) is 36.6. The van der Waals surface area contributed by atoms with Gasteiger partial charge in [0.05, 0.1) is 30.0 Å². The van der Waals surface area contributed by atoms with Gasteiger partial charge in [0.2, 0.25) is 0 Å². The first-order chi connectivity index (χ1) is 23.7. The first-order valence-corrected chi connectivity index (χ1v) is 24.5. The minimum atomic E-state index is -2.21. The summed E-state index contributed by atoms with van der Waals surface area (Å²) in [6.07, 6.45) is 6.12. The highest BCUT2D eigenvalue weighted by Crippen LogP contribution is 2.34. The Hall–Kier alpha value is -3.01. The number of hydrogen-bond donors (Lipinski definition) is 0. The molecule has 0 bridgehead atoms. The SMILES string of the molecule is CC[Si](CC)(CC)OC(CN(Cc1cc(F)cc(F)c1)C(=O)c1cnn([C@H]2CC[C@H](C(C)=O)CC2)c1C)c1ccn(COCC[Si](C)(C)C)n1. The Bertz CT molecular complexity index is 1550. The summed E-state index contributed by atoms with van der Waals surface area (Å²) < 4.78 is 45.5. The number of Topliss-reactive ketones (excluding diaryl/α,β-unsaturated/α-hetero) is 1. The molecule has 1 atom stereocenters. The lowest BCUT2D eigenvalue weighted by Gasteiger charge is -2.35. The van der Waals surface area contributed by atoms with Crippen LogP contribution in [0.2, 0.25) is 43.8 Å². The van der Waals surface area contributed by atoms with E-state index < -0.39 is 34.1 Å². The molecule has 2 aromatic heterocycles. The highest BCUT2D eigenvalue weighted by molar-refractivity contribution is 6.76. The van der Waals surface area contributed by atoms with E-state index in [9.17, 15) is 18.4 Å². The fourth-order valence-corrected chi connectivity index (χ4v) is 10.4. The van der Waals surface area contributed by atoms with Gasteiger partial charge in [-0.2, -0.15) is 10.2 Å². The van der Waals surface area contributed by atoms with Crippen LogP contribution < -0.4 is 0 Å². The van der Waals surface area contributed by atoms with E-state index in [1.165, 1.54) is 12.1 Å². The molecule has 276 valence electrons. The number of halogens is 2. The summed E-state index contributed by atoms with van der Waals surface area (Å²) in [6.45, 7) is 18.0. The molecular weight excluding hydrogens is 673 g/mol. The summed E-state index contributed by atoms with van der Waals surface area (Å²) in [4.78, 5) is 28.1. The minimum absolute atomic E-state index is 0.0266. The molecule has 1 aliphatic carbocycles. The van der Waals surface area contributed by atoms with Crippen molar-refractivity contribution in [1.29, 1.82) is 0 Å². The number of rotatable bonds is 18. The second-order valence-electron chi connectivity index (χ2n) is 15.1. The van der Waals surface area contributed by atoms with Crippen LogP contribution in [-0.4, -0.2) is 65.7 Å². The van der Waals surface area contributed by atoms with Gasteiger partial charge in [0, 0.05) is 45.1 Å². The van der Waals surface area contributed by atoms with Gasteiger partial charge in [0.25, 0.3) is 5.91 Å². The largest absolute Gasteiger partial charge is 0.406 e. The van der Waals surface area contributed by atoms with Crippen molar-refractivity contribution in [3.8, 4) is 0 Å². The zero-order valence-electron chi connectivity index (χ0n) is 31.3. The van der Waals surface area contributed by atoms with Crippen LogP contribution in [0, 0.1) is 24.5 Å². The van der Waals surface area contributed by atoms with Crippen molar-refractivity contribution in [3.63, 3.8) is 0 Å². The summed E-state index contributed by atoms with van der Waals surface area (Å²) in [5.74, 6) is -1.40. The third kappa shape index (κ3) is 10.5. The van der Waals surface area contributed by atoms with Crippen LogP contribution >= 0.6 is 0 Å². The van der Waals surface area contributed by atoms with Gasteiger partial charge in [0.1, 0.15) is 30.3 Å². The van der Waals surface area contributed by atoms with E-state index in [1.807, 2.05) is 23.9 Å². The third-order valence-electron chi connectivity index (χ3n) is 10.4. The molecular formula is C37H57F2N5O4Si2. The predicted octanol–water partition coefficient (Wildman–Crippen LogP) is 8.70. The molecule has 1 saturated carbocycles. The van der Waals surface area contributed by atoms with E-state index in [-0.39, 0.29) is 36.7 Å². The second-order valence-corrected chi connectivity index (χ2v) is 25.5. The monoisotopic (exact) mass is 729 g/mol. The van der Waals surface area contributed by atoms with Gasteiger partial charge in [0.15, 0.2) is 8.32 Å². The van der Waals surface area contributed by atoms with Crippen LogP contribution in [0.3, 0.4) is 0 Å². The van der Waals surface area contributed by atoms with Crippen LogP contribution in [0.4, 0.5) is 8.78 Å². The van der Waals surface area contributed by atoms with Gasteiger partial charge in [-0.25, -0.2) is 13.5 Å². The van der Waals surface area contributed by atoms with Crippen molar-refractivity contribution in [1.82, 2.24) is 24.5 Å². The maximum Gasteiger partial charge on any atom is 0.257 e. The predicted molar refractivity (Wildman–Crippen MR) is 197 cm³/mol. The van der Waals surface area contributed by atoms with E-state index in [0.717, 1.165) is 61.6 Å². The molecule has 3 aromatic rings. The molecule has 1 aromatic carbocycles. The van der Waals surface area contributed by atoms with Gasteiger partial charge >= 0.3 is 0 Å². The molecule has 1 unspecified atom stereocenters. The fourth-order valence-electron chi connectivity index (χ4n) is 6.89. The number of carbonyl (C=O) groups is 2. The van der Waals surface area contributed by atoms with Crippen molar-refractivity contribution < 1.29 is 27.5 Å². The molecule has 2 heterocycles. The fraction of sp³-hybridized carbons (Fsp3) is 0.622. The average Bonchev–Trinajstić information content (AvgIpc) is 3.70. The summed E-state index contributed by atoms with van der Waals surface area (Å²) in [5, 5.41) is 9.51. The quantitative estimate of drug-likeness (QED) is 0.0962. The van der Waals surface area contributed by atoms with E-state index in [4.69, 9.17) is 14.3 Å². The number of nitrogens with zero attached hydrogens (tertiary/aromatic N) is 5. The minimum Gasteiger partial charge on any atom is -0.406 e. The summed E-state index contributed by atoms with van der Waals surface area (Å²) in [6, 6.07) is 9.12. The summed E-state index contributed by atoms with van der Waals surface area (Å²) in [5.41, 5.74) is 2.19. The number of ketones is 1. The van der Waals surface area contributed by atoms with E-state index in [1.54, 1.807) is 22.7 Å². The van der Waals surface area contributed by atoms with Crippen LogP contribution in [0.1, 0.15) is 92.8 Å². The molecule has 0 spiro atoms. The number of amides is 1. The van der Waals surface area contributed by atoms with E-state index in [0.29, 0.717) is 30.2 Å². The standard InChI is InChI=1S/C37H57F2N5O4Si2/c1-9-50(10-2,11-3)48-36(35-16-17-43(41-35)26-47-18-19-49(6,7)8)25-42(24-29-20-31(38)22-32(39)21-29)37(46)34-23-40-44(27(34)4)33-14-12-30(13-15-33)28(5)45/h16-17,20-23,30,33,36H,9-15,18-19,24-26H2,1-8H3/t30-,33-,36?. The molecule has 1 fully saturated rings. The van der Waals surface area contributed by atoms with Crippen LogP contribution in [0.25, 0.3) is 0 Å². The van der Waals surface area contributed by atoms with Gasteiger partial charge in [-0.3, -0.25) is 14.3 Å². The van der Waals surface area contributed by atoms with Gasteiger partial charge < -0.3 is 14.1 Å². The molecule has 0 aliphatic heterocycles. The van der Waals surface area contributed by atoms with Crippen LogP contribution in [0.15, 0.2) is 36.7 Å². The Balaban J connectivity index is 1.66. The average molecular weight is 730 g/mol. The molecule has 13 heteroatoms.